The van der Waals surface area contributed by atoms with Gasteiger partial charge in [0.05, 0.1) is 18.2 Å². The van der Waals surface area contributed by atoms with Crippen molar-refractivity contribution in [2.24, 2.45) is 13.0 Å². The lowest BCUT2D eigenvalue weighted by Gasteiger charge is -2.20. The van der Waals surface area contributed by atoms with Crippen LogP contribution in [0.1, 0.15) is 17.7 Å². The molecule has 2 rings (SSSR count). The van der Waals surface area contributed by atoms with E-state index in [-0.39, 0.29) is 0 Å². The molecule has 1 aromatic rings. The van der Waals surface area contributed by atoms with E-state index in [0.29, 0.717) is 11.8 Å². The van der Waals surface area contributed by atoms with Crippen molar-refractivity contribution in [2.45, 2.75) is 19.2 Å². The summed E-state index contributed by atoms with van der Waals surface area (Å²) >= 11 is 6.02. The monoisotopic (exact) mass is 257 g/mol. The molecule has 0 saturated carbocycles. The van der Waals surface area contributed by atoms with Crippen molar-refractivity contribution in [1.82, 2.24) is 9.78 Å². The van der Waals surface area contributed by atoms with Crippen molar-refractivity contribution in [3.63, 3.8) is 0 Å². The molecule has 96 valence electrons. The Morgan fingerprint density at radius 2 is 2.29 bits per heavy atom. The minimum atomic E-state index is 0.528. The Bertz CT molecular complexity index is 391. The highest BCUT2D eigenvalue weighted by Gasteiger charge is 2.27. The summed E-state index contributed by atoms with van der Waals surface area (Å²) < 4.78 is 7.17. The van der Waals surface area contributed by atoms with Gasteiger partial charge in [0.1, 0.15) is 5.82 Å². The van der Waals surface area contributed by atoms with Crippen LogP contribution in [0, 0.1) is 12.8 Å². The molecule has 4 nitrogen and oxygen atoms in total. The SMILES string of the molecule is COCC1CCN(c2c(CCl)c(C)nn2C)C1. The van der Waals surface area contributed by atoms with Crippen LogP contribution in [0.2, 0.25) is 0 Å². The van der Waals surface area contributed by atoms with Crippen LogP contribution in [0.4, 0.5) is 5.82 Å². The Morgan fingerprint density at radius 3 is 2.94 bits per heavy atom. The first kappa shape index (κ1) is 12.7. The predicted molar refractivity (Wildman–Crippen MR) is 69.7 cm³/mol. The van der Waals surface area contributed by atoms with Crippen LogP contribution in [0.3, 0.4) is 0 Å². The normalized spacial score (nSPS) is 20.2. The molecular formula is C12H20ClN3O. The smallest absolute Gasteiger partial charge is 0.131 e. The Morgan fingerprint density at radius 1 is 1.53 bits per heavy atom. The molecule has 0 amide bonds. The van der Waals surface area contributed by atoms with E-state index in [2.05, 4.69) is 10.00 Å². The van der Waals surface area contributed by atoms with Gasteiger partial charge < -0.3 is 9.64 Å². The van der Waals surface area contributed by atoms with Crippen molar-refractivity contribution in [1.29, 1.82) is 0 Å². The molecule has 0 bridgehead atoms. The van der Waals surface area contributed by atoms with Gasteiger partial charge in [0.15, 0.2) is 0 Å². The lowest BCUT2D eigenvalue weighted by molar-refractivity contribution is 0.161. The van der Waals surface area contributed by atoms with Crippen molar-refractivity contribution in [2.75, 3.05) is 31.7 Å². The van der Waals surface area contributed by atoms with E-state index in [9.17, 15) is 0 Å². The molecule has 1 fully saturated rings. The van der Waals surface area contributed by atoms with Crippen LogP contribution in [0.5, 0.6) is 0 Å². The number of hydrogen-bond donors (Lipinski definition) is 0. The van der Waals surface area contributed by atoms with Gasteiger partial charge in [-0.1, -0.05) is 0 Å². The van der Waals surface area contributed by atoms with Crippen LogP contribution in [-0.4, -0.2) is 36.6 Å². The van der Waals surface area contributed by atoms with Crippen LogP contribution < -0.4 is 4.90 Å². The number of anilines is 1. The van der Waals surface area contributed by atoms with E-state index in [1.54, 1.807) is 7.11 Å². The number of hydrogen-bond acceptors (Lipinski definition) is 3. The Hall–Kier alpha value is -0.740. The quantitative estimate of drug-likeness (QED) is 0.773. The molecule has 2 heterocycles. The summed E-state index contributed by atoms with van der Waals surface area (Å²) in [6.45, 7) is 4.96. The molecule has 0 spiro atoms. The number of aryl methyl sites for hydroxylation is 2. The Kier molecular flexibility index (Phi) is 3.94. The van der Waals surface area contributed by atoms with Gasteiger partial charge in [-0.2, -0.15) is 5.10 Å². The molecular weight excluding hydrogens is 238 g/mol. The molecule has 17 heavy (non-hydrogen) atoms. The van der Waals surface area contributed by atoms with Crippen molar-refractivity contribution in [3.05, 3.63) is 11.3 Å². The predicted octanol–water partition coefficient (Wildman–Crippen LogP) is 1.94. The lowest BCUT2D eigenvalue weighted by Crippen LogP contribution is -2.24. The summed E-state index contributed by atoms with van der Waals surface area (Å²) in [6.07, 6.45) is 1.18. The van der Waals surface area contributed by atoms with E-state index in [0.717, 1.165) is 31.0 Å². The number of ether oxygens (including phenoxy) is 1. The van der Waals surface area contributed by atoms with E-state index in [1.165, 1.54) is 12.2 Å². The molecule has 1 atom stereocenters. The maximum absolute atomic E-state index is 6.02. The van der Waals surface area contributed by atoms with Gasteiger partial charge in [-0.05, 0) is 13.3 Å². The standard InChI is InChI=1S/C12H20ClN3O/c1-9-11(6-13)12(15(2)14-9)16-5-4-10(7-16)8-17-3/h10H,4-8H2,1-3H3. The van der Waals surface area contributed by atoms with Crippen molar-refractivity contribution < 1.29 is 4.74 Å². The van der Waals surface area contributed by atoms with Gasteiger partial charge in [-0.15, -0.1) is 11.6 Å². The number of halogens is 1. The van der Waals surface area contributed by atoms with Crippen LogP contribution in [-0.2, 0) is 17.7 Å². The molecule has 1 aromatic heterocycles. The summed E-state index contributed by atoms with van der Waals surface area (Å²) in [5.74, 6) is 2.33. The fourth-order valence-electron chi connectivity index (χ4n) is 2.64. The lowest BCUT2D eigenvalue weighted by atomic mass is 10.1. The zero-order valence-electron chi connectivity index (χ0n) is 10.7. The highest BCUT2D eigenvalue weighted by molar-refractivity contribution is 6.17. The minimum Gasteiger partial charge on any atom is -0.384 e. The third kappa shape index (κ3) is 2.43. The number of methoxy groups -OCH3 is 1. The zero-order valence-corrected chi connectivity index (χ0v) is 11.5. The van der Waals surface area contributed by atoms with Gasteiger partial charge in [0.25, 0.3) is 0 Å². The zero-order chi connectivity index (χ0) is 12.4. The second-order valence-corrected chi connectivity index (χ2v) is 4.97. The molecule has 1 saturated heterocycles. The first-order valence-corrected chi connectivity index (χ1v) is 6.53. The second kappa shape index (κ2) is 5.27. The van der Waals surface area contributed by atoms with E-state index >= 15 is 0 Å². The third-order valence-corrected chi connectivity index (χ3v) is 3.70. The van der Waals surface area contributed by atoms with Gasteiger partial charge in [0, 0.05) is 38.7 Å². The highest BCUT2D eigenvalue weighted by atomic mass is 35.5. The number of rotatable bonds is 4. The second-order valence-electron chi connectivity index (χ2n) is 4.70. The van der Waals surface area contributed by atoms with Crippen LogP contribution in [0.25, 0.3) is 0 Å². The van der Waals surface area contributed by atoms with Gasteiger partial charge in [-0.3, -0.25) is 4.68 Å². The molecule has 0 N–H and O–H groups in total. The third-order valence-electron chi connectivity index (χ3n) is 3.43. The molecule has 1 aliphatic rings. The topological polar surface area (TPSA) is 30.3 Å². The largest absolute Gasteiger partial charge is 0.384 e. The molecule has 1 unspecified atom stereocenters. The molecule has 0 radical (unpaired) electrons. The van der Waals surface area contributed by atoms with Crippen molar-refractivity contribution >= 4 is 17.4 Å². The highest BCUT2D eigenvalue weighted by Crippen LogP contribution is 2.29. The molecule has 0 aromatic carbocycles. The summed E-state index contributed by atoms with van der Waals surface area (Å²) in [5.41, 5.74) is 2.19. The van der Waals surface area contributed by atoms with Crippen LogP contribution in [0.15, 0.2) is 0 Å². The average Bonchev–Trinajstić information content (AvgIpc) is 2.83. The Balaban J connectivity index is 2.18. The van der Waals surface area contributed by atoms with Gasteiger partial charge in [-0.25, -0.2) is 0 Å². The number of alkyl halides is 1. The summed E-state index contributed by atoms with van der Waals surface area (Å²) in [4.78, 5) is 2.38. The molecule has 1 aliphatic heterocycles. The summed E-state index contributed by atoms with van der Waals surface area (Å²) in [5, 5.41) is 4.46. The molecule has 0 aliphatic carbocycles. The first-order chi connectivity index (χ1) is 8.17. The van der Waals surface area contributed by atoms with Crippen LogP contribution >= 0.6 is 11.6 Å². The first-order valence-electron chi connectivity index (χ1n) is 5.99. The fraction of sp³-hybridized carbons (Fsp3) is 0.750. The fourth-order valence-corrected chi connectivity index (χ4v) is 2.95. The summed E-state index contributed by atoms with van der Waals surface area (Å²) in [6, 6.07) is 0. The van der Waals surface area contributed by atoms with Crippen molar-refractivity contribution in [3.8, 4) is 0 Å². The maximum atomic E-state index is 6.02. The van der Waals surface area contributed by atoms with Gasteiger partial charge >= 0.3 is 0 Å². The minimum absolute atomic E-state index is 0.528. The average molecular weight is 258 g/mol. The Labute approximate surface area is 107 Å². The van der Waals surface area contributed by atoms with E-state index in [1.807, 2.05) is 18.7 Å². The maximum Gasteiger partial charge on any atom is 0.131 e. The van der Waals surface area contributed by atoms with Gasteiger partial charge in [0.2, 0.25) is 0 Å². The number of nitrogens with zero attached hydrogens (tertiary/aromatic N) is 3. The van der Waals surface area contributed by atoms with E-state index in [4.69, 9.17) is 16.3 Å². The van der Waals surface area contributed by atoms with E-state index < -0.39 is 0 Å². The number of aromatic nitrogens is 2. The molecule has 5 heteroatoms. The summed E-state index contributed by atoms with van der Waals surface area (Å²) in [7, 11) is 3.75.